The van der Waals surface area contributed by atoms with Crippen molar-refractivity contribution in [2.45, 2.75) is 48.2 Å². The number of rotatable bonds is 7. The number of hydrogen-bond acceptors (Lipinski definition) is 8. The summed E-state index contributed by atoms with van der Waals surface area (Å²) in [4.78, 5) is 52.6. The molecule has 0 bridgehead atoms. The smallest absolute Gasteiger partial charge is 0.345 e. The number of benzene rings is 2. The van der Waals surface area contributed by atoms with Gasteiger partial charge >= 0.3 is 11.9 Å². The second-order valence-corrected chi connectivity index (χ2v) is 10.6. The molecule has 184 valence electrons. The molecule has 2 saturated heterocycles. The number of carboxylic acids is 1. The molecule has 5 N–H and O–H groups in total. The lowest BCUT2D eigenvalue weighted by Crippen LogP contribution is -2.78. The molecule has 2 aliphatic heterocycles. The number of aliphatic carboxylic acids is 1. The third kappa shape index (κ3) is 3.90. The number of nitrogens with one attached hydrogen (secondary N) is 1. The van der Waals surface area contributed by atoms with Gasteiger partial charge in [-0.05, 0) is 37.1 Å². The molecule has 0 aromatic heterocycles. The van der Waals surface area contributed by atoms with Crippen LogP contribution in [0.5, 0.6) is 5.75 Å². The first-order chi connectivity index (χ1) is 16.5. The number of fused-ring (bicyclic) bond motifs is 1. The maximum atomic E-state index is 13.2. The van der Waals surface area contributed by atoms with Crippen molar-refractivity contribution in [1.29, 1.82) is 0 Å². The Balaban J connectivity index is 1.53. The standard InChI is InChI=1S/C24H25N3O7S/c1-23(2)24(21(31)32,22(33)34-12-13-6-4-3-5-7-13)27-19(30)17(20(27)35-23)26-18(29)16(25)14-8-10-15(28)11-9-14/h3-11,16-17,20,28H,12,25H2,1-2H3,(H,26,29)(H,31,32)/t16-,17-,20-,24+/m1/s1. The van der Waals surface area contributed by atoms with E-state index in [-0.39, 0.29) is 12.4 Å². The average molecular weight is 500 g/mol. The summed E-state index contributed by atoms with van der Waals surface area (Å²) in [6.45, 7) is 2.97. The fraction of sp³-hybridized carbons (Fsp3) is 0.333. The molecule has 4 rings (SSSR count). The summed E-state index contributed by atoms with van der Waals surface area (Å²) in [5.74, 6) is -3.90. The third-order valence-electron chi connectivity index (χ3n) is 6.34. The van der Waals surface area contributed by atoms with E-state index in [4.69, 9.17) is 10.5 Å². The number of ether oxygens (including phenoxy) is 1. The van der Waals surface area contributed by atoms with Gasteiger partial charge in [0.15, 0.2) is 0 Å². The van der Waals surface area contributed by atoms with E-state index in [0.717, 1.165) is 16.7 Å². The van der Waals surface area contributed by atoms with E-state index < -0.39 is 51.5 Å². The zero-order valence-corrected chi connectivity index (χ0v) is 19.8. The SMILES string of the molecule is CC1(C)S[C@@H]2[C@H](NC(=O)[C@H](N)c3ccc(O)cc3)C(=O)N2[C@@]1(C(=O)O)C(=O)OCc1ccccc1. The highest BCUT2D eigenvalue weighted by Gasteiger charge is 2.77. The van der Waals surface area contributed by atoms with Crippen LogP contribution >= 0.6 is 11.8 Å². The van der Waals surface area contributed by atoms with Gasteiger partial charge in [0.2, 0.25) is 5.91 Å². The van der Waals surface area contributed by atoms with E-state index in [1.165, 1.54) is 24.3 Å². The Morgan fingerprint density at radius 2 is 1.77 bits per heavy atom. The highest BCUT2D eigenvalue weighted by molar-refractivity contribution is 8.01. The van der Waals surface area contributed by atoms with Crippen LogP contribution in [0.15, 0.2) is 54.6 Å². The topological polar surface area (TPSA) is 159 Å². The zero-order chi connectivity index (χ0) is 25.5. The van der Waals surface area contributed by atoms with E-state index in [9.17, 15) is 29.4 Å². The van der Waals surface area contributed by atoms with Crippen LogP contribution in [0.1, 0.15) is 31.0 Å². The molecule has 4 atom stereocenters. The van der Waals surface area contributed by atoms with E-state index in [1.807, 2.05) is 0 Å². The molecule has 2 aliphatic rings. The highest BCUT2D eigenvalue weighted by atomic mass is 32.2. The summed E-state index contributed by atoms with van der Waals surface area (Å²) in [5, 5.41) is 21.4. The van der Waals surface area contributed by atoms with E-state index in [2.05, 4.69) is 5.32 Å². The summed E-state index contributed by atoms with van der Waals surface area (Å²) < 4.78 is 4.12. The first-order valence-electron chi connectivity index (χ1n) is 10.8. The van der Waals surface area contributed by atoms with Gasteiger partial charge in [-0.3, -0.25) is 14.5 Å². The number of esters is 1. The van der Waals surface area contributed by atoms with Crippen molar-refractivity contribution in [2.75, 3.05) is 0 Å². The molecular formula is C24H25N3O7S. The van der Waals surface area contributed by atoms with Gasteiger partial charge in [-0.25, -0.2) is 9.59 Å². The van der Waals surface area contributed by atoms with Crippen LogP contribution in [0.25, 0.3) is 0 Å². The second-order valence-electron chi connectivity index (χ2n) is 8.86. The molecule has 0 spiro atoms. The summed E-state index contributed by atoms with van der Waals surface area (Å²) in [7, 11) is 0. The van der Waals surface area contributed by atoms with Gasteiger partial charge in [-0.1, -0.05) is 42.5 Å². The molecule has 10 nitrogen and oxygen atoms in total. The van der Waals surface area contributed by atoms with Gasteiger partial charge in [0.1, 0.15) is 29.8 Å². The number of aromatic hydroxyl groups is 1. The number of carboxylic acid groups (broad SMARTS) is 1. The van der Waals surface area contributed by atoms with Gasteiger partial charge < -0.3 is 26.0 Å². The van der Waals surface area contributed by atoms with Crippen molar-refractivity contribution < 1.29 is 34.1 Å². The normalized spacial score (nSPS) is 25.2. The number of phenols is 1. The van der Waals surface area contributed by atoms with Crippen molar-refractivity contribution in [3.63, 3.8) is 0 Å². The summed E-state index contributed by atoms with van der Waals surface area (Å²) in [5.41, 5.74) is 4.83. The number of hydrogen-bond donors (Lipinski definition) is 4. The maximum absolute atomic E-state index is 13.2. The fourth-order valence-electron chi connectivity index (χ4n) is 4.45. The molecule has 0 unspecified atom stereocenters. The number of nitrogens with two attached hydrogens (primary N) is 1. The van der Waals surface area contributed by atoms with Crippen molar-refractivity contribution in [3.8, 4) is 5.75 Å². The largest absolute Gasteiger partial charge is 0.508 e. The molecule has 0 saturated carbocycles. The highest BCUT2D eigenvalue weighted by Crippen LogP contribution is 2.57. The van der Waals surface area contributed by atoms with Crippen LogP contribution in [-0.4, -0.2) is 60.6 Å². The average Bonchev–Trinajstić information content (AvgIpc) is 3.06. The molecule has 0 radical (unpaired) electrons. The van der Waals surface area contributed by atoms with Gasteiger partial charge in [0, 0.05) is 0 Å². The first kappa shape index (κ1) is 24.6. The predicted molar refractivity (Wildman–Crippen MR) is 126 cm³/mol. The van der Waals surface area contributed by atoms with E-state index in [0.29, 0.717) is 11.1 Å². The second kappa shape index (κ2) is 8.90. The molecule has 0 aliphatic carbocycles. The van der Waals surface area contributed by atoms with Crippen molar-refractivity contribution >= 4 is 35.5 Å². The Labute approximate surface area is 205 Å². The lowest BCUT2D eigenvalue weighted by Gasteiger charge is -2.48. The minimum atomic E-state index is -2.27. The Kier molecular flexibility index (Phi) is 6.24. The van der Waals surface area contributed by atoms with Crippen LogP contribution in [0.4, 0.5) is 0 Å². The van der Waals surface area contributed by atoms with Crippen LogP contribution < -0.4 is 11.1 Å². The fourth-order valence-corrected chi connectivity index (χ4v) is 6.18. The van der Waals surface area contributed by atoms with Crippen LogP contribution in [-0.2, 0) is 30.5 Å². The molecule has 11 heteroatoms. The Morgan fingerprint density at radius 1 is 1.14 bits per heavy atom. The maximum Gasteiger partial charge on any atom is 0.345 e. The lowest BCUT2D eigenvalue weighted by atomic mass is 9.80. The van der Waals surface area contributed by atoms with Gasteiger partial charge in [0.05, 0.1) is 4.75 Å². The minimum absolute atomic E-state index is 0.0138. The molecule has 2 fully saturated rings. The van der Waals surface area contributed by atoms with Gasteiger partial charge in [0.25, 0.3) is 11.4 Å². The van der Waals surface area contributed by atoms with Crippen molar-refractivity contribution in [2.24, 2.45) is 5.73 Å². The van der Waals surface area contributed by atoms with Gasteiger partial charge in [-0.2, -0.15) is 0 Å². The van der Waals surface area contributed by atoms with Crippen LogP contribution in [0.2, 0.25) is 0 Å². The zero-order valence-electron chi connectivity index (χ0n) is 19.0. The quantitative estimate of drug-likeness (QED) is 0.249. The molecule has 2 aromatic rings. The molecule has 35 heavy (non-hydrogen) atoms. The number of amides is 2. The minimum Gasteiger partial charge on any atom is -0.508 e. The number of nitrogens with zero attached hydrogens (tertiary/aromatic N) is 1. The molecule has 2 aromatic carbocycles. The number of carbonyl (C=O) groups is 4. The number of phenolic OH excluding ortho intramolecular Hbond substituents is 1. The summed E-state index contributed by atoms with van der Waals surface area (Å²) >= 11 is 1.10. The lowest BCUT2D eigenvalue weighted by molar-refractivity contribution is -0.186. The van der Waals surface area contributed by atoms with E-state index >= 15 is 0 Å². The Morgan fingerprint density at radius 3 is 2.37 bits per heavy atom. The molecule has 2 heterocycles. The first-order valence-corrected chi connectivity index (χ1v) is 11.7. The number of β-lactam (4-membered cyclic amide) rings is 1. The summed E-state index contributed by atoms with van der Waals surface area (Å²) in [6, 6.07) is 12.4. The van der Waals surface area contributed by atoms with Crippen molar-refractivity contribution in [3.05, 3.63) is 65.7 Å². The van der Waals surface area contributed by atoms with Crippen LogP contribution in [0.3, 0.4) is 0 Å². The predicted octanol–water partition coefficient (Wildman–Crippen LogP) is 1.14. The van der Waals surface area contributed by atoms with E-state index in [1.54, 1.807) is 44.2 Å². The molecule has 2 amide bonds. The monoisotopic (exact) mass is 499 g/mol. The van der Waals surface area contributed by atoms with Gasteiger partial charge in [-0.15, -0.1) is 11.8 Å². The summed E-state index contributed by atoms with van der Waals surface area (Å²) in [6.07, 6.45) is 0. The van der Waals surface area contributed by atoms with Crippen LogP contribution in [0, 0.1) is 0 Å². The van der Waals surface area contributed by atoms with Crippen molar-refractivity contribution in [1.82, 2.24) is 10.2 Å². The number of carbonyl (C=O) groups excluding carboxylic acids is 3. The number of thioether (sulfide) groups is 1. The third-order valence-corrected chi connectivity index (χ3v) is 7.95. The molecular weight excluding hydrogens is 474 g/mol. The Hall–Kier alpha value is -3.57. The Bertz CT molecular complexity index is 1170.